The Bertz CT molecular complexity index is 318. The average molecular weight is 278 g/mol. The van der Waals surface area contributed by atoms with Crippen molar-refractivity contribution >= 4 is 21.6 Å². The van der Waals surface area contributed by atoms with Crippen molar-refractivity contribution in [1.29, 1.82) is 0 Å². The predicted octanol–water partition coefficient (Wildman–Crippen LogP) is 4.19. The smallest absolute Gasteiger partial charge is 0.150 e. The second kappa shape index (κ2) is 5.45. The van der Waals surface area contributed by atoms with Crippen molar-refractivity contribution < 1.29 is 8.78 Å². The molecule has 0 saturated carbocycles. The van der Waals surface area contributed by atoms with Crippen LogP contribution >= 0.6 is 15.9 Å². The third-order valence-corrected chi connectivity index (χ3v) is 2.79. The van der Waals surface area contributed by atoms with Crippen LogP contribution < -0.4 is 5.32 Å². The molecule has 0 bridgehead atoms. The van der Waals surface area contributed by atoms with Crippen molar-refractivity contribution in [1.82, 2.24) is 0 Å². The van der Waals surface area contributed by atoms with E-state index in [0.717, 1.165) is 6.42 Å². The summed E-state index contributed by atoms with van der Waals surface area (Å²) in [5, 5.41) is 2.79. The highest BCUT2D eigenvalue weighted by atomic mass is 79.9. The second-order valence-electron chi connectivity index (χ2n) is 3.64. The molecule has 1 unspecified atom stereocenters. The molecule has 1 N–H and O–H groups in total. The quantitative estimate of drug-likeness (QED) is 0.871. The van der Waals surface area contributed by atoms with Crippen molar-refractivity contribution in [2.24, 2.45) is 5.92 Å². The van der Waals surface area contributed by atoms with E-state index < -0.39 is 11.6 Å². The first-order chi connectivity index (χ1) is 7.04. The highest BCUT2D eigenvalue weighted by molar-refractivity contribution is 9.10. The first-order valence-corrected chi connectivity index (χ1v) is 5.72. The molecule has 0 heterocycles. The van der Waals surface area contributed by atoms with E-state index in [2.05, 4.69) is 21.2 Å². The minimum absolute atomic E-state index is 0.0431. The Labute approximate surface area is 97.0 Å². The summed E-state index contributed by atoms with van der Waals surface area (Å²) in [6, 6.07) is 2.50. The molecule has 1 aromatic rings. The zero-order valence-corrected chi connectivity index (χ0v) is 10.4. The van der Waals surface area contributed by atoms with Crippen LogP contribution in [0.3, 0.4) is 0 Å². The van der Waals surface area contributed by atoms with Crippen LogP contribution in [0.1, 0.15) is 20.3 Å². The maximum Gasteiger partial charge on any atom is 0.150 e. The molecular weight excluding hydrogens is 264 g/mol. The van der Waals surface area contributed by atoms with Gasteiger partial charge in [-0.2, -0.15) is 0 Å². The van der Waals surface area contributed by atoms with Crippen molar-refractivity contribution in [3.8, 4) is 0 Å². The van der Waals surface area contributed by atoms with Crippen LogP contribution in [0.2, 0.25) is 0 Å². The Morgan fingerprint density at radius 2 is 1.87 bits per heavy atom. The van der Waals surface area contributed by atoms with Gasteiger partial charge in [-0.3, -0.25) is 0 Å². The summed E-state index contributed by atoms with van der Waals surface area (Å²) >= 11 is 3.03. The van der Waals surface area contributed by atoms with Gasteiger partial charge in [0.05, 0.1) is 0 Å². The lowest BCUT2D eigenvalue weighted by atomic mass is 10.1. The van der Waals surface area contributed by atoms with Gasteiger partial charge in [0.15, 0.2) is 0 Å². The van der Waals surface area contributed by atoms with E-state index in [1.165, 1.54) is 12.1 Å². The molecule has 1 nitrogen and oxygen atoms in total. The van der Waals surface area contributed by atoms with Crippen molar-refractivity contribution in [3.63, 3.8) is 0 Å². The Balaban J connectivity index is 2.77. The van der Waals surface area contributed by atoms with E-state index in [1.807, 2.05) is 13.8 Å². The summed E-state index contributed by atoms with van der Waals surface area (Å²) in [6.07, 6.45) is 0.979. The molecule has 0 aliphatic rings. The van der Waals surface area contributed by atoms with Crippen LogP contribution in [0.15, 0.2) is 16.6 Å². The lowest BCUT2D eigenvalue weighted by Crippen LogP contribution is -2.12. The molecule has 84 valence electrons. The van der Waals surface area contributed by atoms with E-state index in [0.29, 0.717) is 16.9 Å². The van der Waals surface area contributed by atoms with Crippen LogP contribution in [0.5, 0.6) is 0 Å². The van der Waals surface area contributed by atoms with E-state index in [4.69, 9.17) is 0 Å². The van der Waals surface area contributed by atoms with Crippen LogP contribution in [0.25, 0.3) is 0 Å². The van der Waals surface area contributed by atoms with Crippen LogP contribution in [0.4, 0.5) is 14.5 Å². The number of benzene rings is 1. The molecule has 0 aliphatic heterocycles. The topological polar surface area (TPSA) is 12.0 Å². The van der Waals surface area contributed by atoms with Gasteiger partial charge in [0.1, 0.15) is 17.3 Å². The number of rotatable bonds is 4. The molecule has 1 atom stereocenters. The monoisotopic (exact) mass is 277 g/mol. The Kier molecular flexibility index (Phi) is 4.51. The van der Waals surface area contributed by atoms with Crippen molar-refractivity contribution in [3.05, 3.63) is 28.2 Å². The Morgan fingerprint density at radius 3 is 2.33 bits per heavy atom. The first kappa shape index (κ1) is 12.4. The Hall–Kier alpha value is -0.640. The second-order valence-corrected chi connectivity index (χ2v) is 4.55. The van der Waals surface area contributed by atoms with E-state index in [-0.39, 0.29) is 5.69 Å². The number of hydrogen-bond acceptors (Lipinski definition) is 1. The van der Waals surface area contributed by atoms with Gasteiger partial charge in [0, 0.05) is 11.0 Å². The molecule has 4 heteroatoms. The maximum absolute atomic E-state index is 13.3. The third kappa shape index (κ3) is 3.45. The van der Waals surface area contributed by atoms with Gasteiger partial charge >= 0.3 is 0 Å². The molecule has 0 aliphatic carbocycles. The fourth-order valence-corrected chi connectivity index (χ4v) is 1.53. The summed E-state index contributed by atoms with van der Waals surface area (Å²) in [6.45, 7) is 4.65. The number of nitrogens with one attached hydrogen (secondary N) is 1. The van der Waals surface area contributed by atoms with Gasteiger partial charge in [0.25, 0.3) is 0 Å². The van der Waals surface area contributed by atoms with Crippen LogP contribution in [-0.2, 0) is 0 Å². The minimum Gasteiger partial charge on any atom is -0.380 e. The maximum atomic E-state index is 13.3. The normalized spacial score (nSPS) is 12.6. The molecule has 0 amide bonds. The fraction of sp³-hybridized carbons (Fsp3) is 0.455. The van der Waals surface area contributed by atoms with Crippen molar-refractivity contribution in [2.75, 3.05) is 11.9 Å². The van der Waals surface area contributed by atoms with Gasteiger partial charge < -0.3 is 5.32 Å². The molecule has 0 aromatic heterocycles. The third-order valence-electron chi connectivity index (χ3n) is 2.33. The standard InChI is InChI=1S/C11H14BrF2N/c1-3-7(2)6-15-11-9(13)4-8(12)5-10(11)14/h4-5,7,15H,3,6H2,1-2H3. The van der Waals surface area contributed by atoms with E-state index in [1.54, 1.807) is 0 Å². The highest BCUT2D eigenvalue weighted by Crippen LogP contribution is 2.24. The minimum atomic E-state index is -0.565. The molecule has 1 rings (SSSR count). The van der Waals surface area contributed by atoms with E-state index >= 15 is 0 Å². The van der Waals surface area contributed by atoms with Crippen LogP contribution in [0, 0.1) is 17.6 Å². The number of halogens is 3. The zero-order valence-electron chi connectivity index (χ0n) is 8.78. The summed E-state index contributed by atoms with van der Waals surface area (Å²) in [5.74, 6) is -0.734. The van der Waals surface area contributed by atoms with Crippen LogP contribution in [-0.4, -0.2) is 6.54 Å². The van der Waals surface area contributed by atoms with Crippen molar-refractivity contribution in [2.45, 2.75) is 20.3 Å². The van der Waals surface area contributed by atoms with Gasteiger partial charge in [0.2, 0.25) is 0 Å². The van der Waals surface area contributed by atoms with Gasteiger partial charge in [-0.25, -0.2) is 8.78 Å². The Morgan fingerprint density at radius 1 is 1.33 bits per heavy atom. The molecule has 1 aromatic carbocycles. The average Bonchev–Trinajstić information content (AvgIpc) is 2.15. The summed E-state index contributed by atoms with van der Waals surface area (Å²) < 4.78 is 27.1. The fourth-order valence-electron chi connectivity index (χ4n) is 1.13. The largest absolute Gasteiger partial charge is 0.380 e. The van der Waals surface area contributed by atoms with E-state index in [9.17, 15) is 8.78 Å². The highest BCUT2D eigenvalue weighted by Gasteiger charge is 2.10. The lowest BCUT2D eigenvalue weighted by molar-refractivity contribution is 0.565. The van der Waals surface area contributed by atoms with Gasteiger partial charge in [-0.1, -0.05) is 36.2 Å². The molecule has 0 radical (unpaired) electrons. The number of hydrogen-bond donors (Lipinski definition) is 1. The molecule has 15 heavy (non-hydrogen) atoms. The molecule has 0 saturated heterocycles. The molecular formula is C11H14BrF2N. The van der Waals surface area contributed by atoms with Gasteiger partial charge in [-0.05, 0) is 18.1 Å². The summed E-state index contributed by atoms with van der Waals surface area (Å²) in [4.78, 5) is 0. The molecule has 0 spiro atoms. The zero-order chi connectivity index (χ0) is 11.4. The van der Waals surface area contributed by atoms with Gasteiger partial charge in [-0.15, -0.1) is 0 Å². The molecule has 0 fully saturated rings. The SMILES string of the molecule is CCC(C)CNc1c(F)cc(Br)cc1F. The lowest BCUT2D eigenvalue weighted by Gasteiger charge is -2.12. The predicted molar refractivity (Wildman–Crippen MR) is 62.0 cm³/mol. The number of anilines is 1. The summed E-state index contributed by atoms with van der Waals surface area (Å²) in [5.41, 5.74) is -0.0431. The first-order valence-electron chi connectivity index (χ1n) is 4.93. The summed E-state index contributed by atoms with van der Waals surface area (Å²) in [7, 11) is 0.